The van der Waals surface area contributed by atoms with Gasteiger partial charge in [0.1, 0.15) is 24.2 Å². The van der Waals surface area contributed by atoms with E-state index in [2.05, 4.69) is 25.9 Å². The second kappa shape index (κ2) is 15.1. The van der Waals surface area contributed by atoms with Gasteiger partial charge in [-0.05, 0) is 38.6 Å². The molecule has 1 aromatic rings. The van der Waals surface area contributed by atoms with Crippen molar-refractivity contribution in [3.63, 3.8) is 0 Å². The molecule has 1 heterocycles. The Morgan fingerprint density at radius 1 is 1.06 bits per heavy atom. The number of unbranched alkanes of at least 4 members (excludes halogenated alkanes) is 1. The zero-order valence-electron chi connectivity index (χ0n) is 20.5. The maximum absolute atomic E-state index is 13.1. The standard InChI is InChI=1S/C22H39N7O6/c1-4-12(2)18(21(33)28-16(22(34)35)9-14-10-25-11-26-14)29-19(31)15(7-5-6-8-23)27-20(32)17(24)13(3)30/h10-13,15-18,30H,4-9,23-24H2,1-3H3,(H,25,26)(H,27,32)(H,28,33)(H,29,31)(H,34,35). The largest absolute Gasteiger partial charge is 0.480 e. The van der Waals surface area contributed by atoms with E-state index in [-0.39, 0.29) is 18.8 Å². The molecule has 3 amide bonds. The number of aliphatic carboxylic acids is 1. The lowest BCUT2D eigenvalue weighted by molar-refractivity contribution is -0.142. The van der Waals surface area contributed by atoms with Gasteiger partial charge in [-0.25, -0.2) is 9.78 Å². The first-order valence-electron chi connectivity index (χ1n) is 11.8. The quantitative estimate of drug-likeness (QED) is 0.123. The van der Waals surface area contributed by atoms with E-state index in [4.69, 9.17) is 11.5 Å². The molecule has 0 aliphatic heterocycles. The minimum absolute atomic E-state index is 0.0166. The van der Waals surface area contributed by atoms with Crippen LogP contribution in [0, 0.1) is 5.92 Å². The van der Waals surface area contributed by atoms with Gasteiger partial charge in [0, 0.05) is 18.3 Å². The van der Waals surface area contributed by atoms with Crippen molar-refractivity contribution in [1.82, 2.24) is 25.9 Å². The minimum Gasteiger partial charge on any atom is -0.480 e. The maximum Gasteiger partial charge on any atom is 0.326 e. The number of rotatable bonds is 16. The summed E-state index contributed by atoms with van der Waals surface area (Å²) in [6, 6.07) is -4.53. The molecule has 0 aromatic carbocycles. The van der Waals surface area contributed by atoms with Gasteiger partial charge in [0.05, 0.1) is 12.4 Å². The SMILES string of the molecule is CCC(C)C(NC(=O)C(CCCCN)NC(=O)C(N)C(C)O)C(=O)NC(Cc1cnc[nH]1)C(=O)O. The maximum atomic E-state index is 13.1. The van der Waals surface area contributed by atoms with Crippen LogP contribution in [0.2, 0.25) is 0 Å². The lowest BCUT2D eigenvalue weighted by Crippen LogP contribution is -2.59. The van der Waals surface area contributed by atoms with Crippen molar-refractivity contribution in [3.8, 4) is 0 Å². The van der Waals surface area contributed by atoms with E-state index in [9.17, 15) is 29.4 Å². The number of H-pyrrole nitrogens is 1. The normalized spacial score (nSPS) is 16.3. The first-order chi connectivity index (χ1) is 16.5. The van der Waals surface area contributed by atoms with Crippen LogP contribution in [0.3, 0.4) is 0 Å². The molecule has 10 N–H and O–H groups in total. The summed E-state index contributed by atoms with van der Waals surface area (Å²) in [4.78, 5) is 56.9. The molecule has 13 heteroatoms. The smallest absolute Gasteiger partial charge is 0.326 e. The van der Waals surface area contributed by atoms with Crippen LogP contribution >= 0.6 is 0 Å². The van der Waals surface area contributed by atoms with Crippen LogP contribution in [-0.4, -0.2) is 80.7 Å². The van der Waals surface area contributed by atoms with Crippen LogP contribution in [0.25, 0.3) is 0 Å². The van der Waals surface area contributed by atoms with Gasteiger partial charge < -0.3 is 42.6 Å². The van der Waals surface area contributed by atoms with Crippen molar-refractivity contribution in [2.75, 3.05) is 6.54 Å². The summed E-state index contributed by atoms with van der Waals surface area (Å²) < 4.78 is 0. The number of amides is 3. The van der Waals surface area contributed by atoms with Gasteiger partial charge in [-0.15, -0.1) is 0 Å². The zero-order chi connectivity index (χ0) is 26.5. The second-order valence-electron chi connectivity index (χ2n) is 8.66. The summed E-state index contributed by atoms with van der Waals surface area (Å²) in [5.74, 6) is -3.55. The number of carbonyl (C=O) groups is 4. The van der Waals surface area contributed by atoms with Crippen molar-refractivity contribution in [3.05, 3.63) is 18.2 Å². The van der Waals surface area contributed by atoms with E-state index >= 15 is 0 Å². The number of nitrogens with two attached hydrogens (primary N) is 2. The number of carboxylic acids is 1. The highest BCUT2D eigenvalue weighted by molar-refractivity contribution is 5.94. The lowest BCUT2D eigenvalue weighted by Gasteiger charge is -2.28. The van der Waals surface area contributed by atoms with Crippen LogP contribution < -0.4 is 27.4 Å². The van der Waals surface area contributed by atoms with Crippen molar-refractivity contribution in [2.24, 2.45) is 17.4 Å². The Balaban J connectivity index is 3.00. The number of hydrogen-bond acceptors (Lipinski definition) is 8. The molecule has 0 aliphatic carbocycles. The van der Waals surface area contributed by atoms with E-state index in [1.807, 2.05) is 6.92 Å². The van der Waals surface area contributed by atoms with Crippen molar-refractivity contribution >= 4 is 23.7 Å². The molecule has 0 bridgehead atoms. The fourth-order valence-electron chi connectivity index (χ4n) is 3.28. The Bertz CT molecular complexity index is 817. The van der Waals surface area contributed by atoms with Gasteiger partial charge in [0.25, 0.3) is 0 Å². The third-order valence-electron chi connectivity index (χ3n) is 5.79. The number of carbonyl (C=O) groups excluding carboxylic acids is 3. The van der Waals surface area contributed by atoms with Gasteiger partial charge in [-0.3, -0.25) is 14.4 Å². The molecule has 0 spiro atoms. The van der Waals surface area contributed by atoms with Gasteiger partial charge >= 0.3 is 5.97 Å². The minimum atomic E-state index is -1.24. The Hall–Kier alpha value is -3.03. The highest BCUT2D eigenvalue weighted by atomic mass is 16.4. The molecule has 0 fully saturated rings. The number of carboxylic acid groups (broad SMARTS) is 1. The summed E-state index contributed by atoms with van der Waals surface area (Å²) in [7, 11) is 0. The summed E-state index contributed by atoms with van der Waals surface area (Å²) in [6.07, 6.45) is 3.64. The molecule has 35 heavy (non-hydrogen) atoms. The van der Waals surface area contributed by atoms with Crippen LogP contribution in [0.5, 0.6) is 0 Å². The van der Waals surface area contributed by atoms with Crippen molar-refractivity contribution in [1.29, 1.82) is 0 Å². The fourth-order valence-corrected chi connectivity index (χ4v) is 3.28. The number of nitrogens with zero attached hydrogens (tertiary/aromatic N) is 1. The molecule has 198 valence electrons. The highest BCUT2D eigenvalue weighted by Crippen LogP contribution is 2.11. The van der Waals surface area contributed by atoms with Crippen molar-refractivity contribution in [2.45, 2.75) is 83.1 Å². The van der Waals surface area contributed by atoms with Gasteiger partial charge in [-0.1, -0.05) is 20.3 Å². The van der Waals surface area contributed by atoms with Gasteiger partial charge in [-0.2, -0.15) is 0 Å². The van der Waals surface area contributed by atoms with E-state index in [0.29, 0.717) is 31.5 Å². The van der Waals surface area contributed by atoms with Crippen LogP contribution in [-0.2, 0) is 25.6 Å². The molecule has 1 aromatic heterocycles. The Morgan fingerprint density at radius 2 is 1.71 bits per heavy atom. The Morgan fingerprint density at radius 3 is 2.23 bits per heavy atom. The van der Waals surface area contributed by atoms with E-state index in [1.165, 1.54) is 19.4 Å². The molecule has 6 atom stereocenters. The molecular formula is C22H39N7O6. The van der Waals surface area contributed by atoms with Crippen LogP contribution in [0.15, 0.2) is 12.5 Å². The third-order valence-corrected chi connectivity index (χ3v) is 5.79. The average Bonchev–Trinajstić information content (AvgIpc) is 3.33. The molecule has 0 aliphatic rings. The number of aliphatic hydroxyl groups excluding tert-OH is 1. The molecule has 0 saturated carbocycles. The fraction of sp³-hybridized carbons (Fsp3) is 0.682. The first kappa shape index (κ1) is 30.0. The molecule has 0 saturated heterocycles. The summed E-state index contributed by atoms with van der Waals surface area (Å²) in [5.41, 5.74) is 11.7. The van der Waals surface area contributed by atoms with Crippen LogP contribution in [0.1, 0.15) is 52.1 Å². The number of nitrogens with one attached hydrogen (secondary N) is 4. The lowest BCUT2D eigenvalue weighted by atomic mass is 9.96. The molecule has 0 radical (unpaired) electrons. The summed E-state index contributed by atoms with van der Waals surface area (Å²) in [5, 5.41) is 26.8. The third kappa shape index (κ3) is 10.0. The average molecular weight is 498 g/mol. The number of aromatic amines is 1. The highest BCUT2D eigenvalue weighted by Gasteiger charge is 2.33. The number of aliphatic hydroxyl groups is 1. The topological polar surface area (TPSA) is 226 Å². The molecule has 13 nitrogen and oxygen atoms in total. The first-order valence-corrected chi connectivity index (χ1v) is 11.8. The van der Waals surface area contributed by atoms with Gasteiger partial charge in [0.15, 0.2) is 0 Å². The Kier molecular flexibility index (Phi) is 12.9. The zero-order valence-corrected chi connectivity index (χ0v) is 20.5. The summed E-state index contributed by atoms with van der Waals surface area (Å²) in [6.45, 7) is 5.35. The molecule has 1 rings (SSSR count). The number of hydrogen-bond donors (Lipinski definition) is 8. The number of aromatic nitrogens is 2. The predicted molar refractivity (Wildman–Crippen MR) is 128 cm³/mol. The van der Waals surface area contributed by atoms with Crippen molar-refractivity contribution < 1.29 is 29.4 Å². The summed E-state index contributed by atoms with van der Waals surface area (Å²) >= 11 is 0. The van der Waals surface area contributed by atoms with E-state index in [0.717, 1.165) is 0 Å². The number of imidazole rings is 1. The predicted octanol–water partition coefficient (Wildman–Crippen LogP) is -1.63. The molecule has 6 unspecified atom stereocenters. The monoisotopic (exact) mass is 497 g/mol. The second-order valence-corrected chi connectivity index (χ2v) is 8.66. The van der Waals surface area contributed by atoms with E-state index < -0.39 is 54.0 Å². The van der Waals surface area contributed by atoms with E-state index in [1.54, 1.807) is 6.92 Å². The molecular weight excluding hydrogens is 458 g/mol. The Labute approximate surface area is 204 Å². The van der Waals surface area contributed by atoms with Crippen LogP contribution in [0.4, 0.5) is 0 Å². The van der Waals surface area contributed by atoms with Gasteiger partial charge in [0.2, 0.25) is 17.7 Å².